The van der Waals surface area contributed by atoms with E-state index in [1.807, 2.05) is 36.1 Å². The van der Waals surface area contributed by atoms with Crippen LogP contribution < -0.4 is 4.74 Å². The van der Waals surface area contributed by atoms with E-state index in [0.29, 0.717) is 24.5 Å². The minimum absolute atomic E-state index is 0.0000152. The van der Waals surface area contributed by atoms with E-state index in [4.69, 9.17) is 4.74 Å². The number of hydrogen-bond acceptors (Lipinski definition) is 6. The summed E-state index contributed by atoms with van der Waals surface area (Å²) in [4.78, 5) is 19.3. The topological polar surface area (TPSA) is 70.2 Å². The summed E-state index contributed by atoms with van der Waals surface area (Å²) in [5, 5.41) is 2.13. The highest BCUT2D eigenvalue weighted by molar-refractivity contribution is 7.89. The zero-order valence-electron chi connectivity index (χ0n) is 24.0. The molecule has 1 amide bonds. The summed E-state index contributed by atoms with van der Waals surface area (Å²) in [7, 11) is -1.99. The molecule has 3 aromatic rings. The molecule has 2 atom stereocenters. The molecule has 0 N–H and O–H groups in total. The van der Waals surface area contributed by atoms with Crippen LogP contribution in [-0.4, -0.2) is 74.3 Å². The second-order valence-electron chi connectivity index (χ2n) is 11.8. The molecule has 0 unspecified atom stereocenters. The molecule has 0 bridgehead atoms. The molecule has 0 radical (unpaired) electrons. The van der Waals surface area contributed by atoms with Crippen LogP contribution in [0.4, 0.5) is 0 Å². The number of hydrogen-bond donors (Lipinski definition) is 0. The lowest BCUT2D eigenvalue weighted by Crippen LogP contribution is -2.57. The molecule has 0 saturated carbocycles. The Labute approximate surface area is 242 Å². The van der Waals surface area contributed by atoms with Crippen molar-refractivity contribution in [2.75, 3.05) is 39.8 Å². The molecule has 9 heteroatoms. The van der Waals surface area contributed by atoms with Gasteiger partial charge in [-0.3, -0.25) is 9.69 Å². The molecule has 2 aliphatic heterocycles. The molecule has 2 aromatic carbocycles. The summed E-state index contributed by atoms with van der Waals surface area (Å²) >= 11 is 1.77. The van der Waals surface area contributed by atoms with E-state index in [1.165, 1.54) is 10.4 Å². The molecular formula is C31H39N3O4S2. The average Bonchev–Trinajstić information content (AvgIpc) is 3.41. The molecule has 2 aliphatic rings. The minimum Gasteiger partial charge on any atom is -0.497 e. The van der Waals surface area contributed by atoms with Crippen LogP contribution in [0.15, 0.2) is 64.9 Å². The summed E-state index contributed by atoms with van der Waals surface area (Å²) in [6.07, 6.45) is 0.920. The van der Waals surface area contributed by atoms with Gasteiger partial charge >= 0.3 is 0 Å². The van der Waals surface area contributed by atoms with Gasteiger partial charge in [-0.1, -0.05) is 45.0 Å². The van der Waals surface area contributed by atoms with Gasteiger partial charge in [-0.05, 0) is 71.2 Å². The molecule has 1 saturated heterocycles. The Balaban J connectivity index is 1.28. The van der Waals surface area contributed by atoms with Gasteiger partial charge < -0.3 is 9.64 Å². The number of thiophene rings is 1. The first kappa shape index (κ1) is 28.8. The van der Waals surface area contributed by atoms with Crippen LogP contribution in [0.25, 0.3) is 0 Å². The van der Waals surface area contributed by atoms with Gasteiger partial charge in [0.15, 0.2) is 0 Å². The Hall–Kier alpha value is -2.72. The number of carbonyl (C=O) groups excluding carboxylic acids is 1. The highest BCUT2D eigenvalue weighted by Crippen LogP contribution is 2.38. The van der Waals surface area contributed by atoms with Crippen molar-refractivity contribution in [2.24, 2.45) is 0 Å². The van der Waals surface area contributed by atoms with Crippen molar-refractivity contribution in [3.8, 4) is 5.75 Å². The number of nitrogens with zero attached hydrogens (tertiary/aromatic N) is 3. The third-order valence-corrected chi connectivity index (χ3v) is 11.1. The molecule has 7 nitrogen and oxygen atoms in total. The standard InChI is InChI=1S/C31H39N3O4S2/c1-22-20-32(17-18-34(22)40(36,37)26-12-8-24(9-13-26)31(2,3)4)29(35)21-33-16-14-28-27(15-19-39-28)30(33)23-6-10-25(38-5)11-7-23/h6-13,15,19,22,30H,14,16-18,20-21H2,1-5H3/t22-,30+/m1/s1. The first-order chi connectivity index (χ1) is 19.0. The van der Waals surface area contributed by atoms with Crippen molar-refractivity contribution in [3.05, 3.63) is 81.5 Å². The van der Waals surface area contributed by atoms with Crippen LogP contribution in [0.3, 0.4) is 0 Å². The van der Waals surface area contributed by atoms with Crippen molar-refractivity contribution < 1.29 is 17.9 Å². The van der Waals surface area contributed by atoms with E-state index in [0.717, 1.165) is 29.8 Å². The highest BCUT2D eigenvalue weighted by atomic mass is 32.2. The molecule has 0 spiro atoms. The maximum absolute atomic E-state index is 13.6. The van der Waals surface area contributed by atoms with E-state index in [9.17, 15) is 13.2 Å². The minimum atomic E-state index is -3.65. The molecule has 214 valence electrons. The van der Waals surface area contributed by atoms with Crippen LogP contribution >= 0.6 is 11.3 Å². The second-order valence-corrected chi connectivity index (χ2v) is 14.7. The van der Waals surface area contributed by atoms with Crippen molar-refractivity contribution in [1.82, 2.24) is 14.1 Å². The number of benzene rings is 2. The van der Waals surface area contributed by atoms with Gasteiger partial charge in [0.1, 0.15) is 5.75 Å². The number of fused-ring (bicyclic) bond motifs is 1. The predicted molar refractivity (Wildman–Crippen MR) is 160 cm³/mol. The van der Waals surface area contributed by atoms with E-state index in [2.05, 4.69) is 49.3 Å². The number of sulfonamides is 1. The highest BCUT2D eigenvalue weighted by Gasteiger charge is 2.37. The average molecular weight is 582 g/mol. The number of ether oxygens (including phenoxy) is 1. The van der Waals surface area contributed by atoms with Crippen molar-refractivity contribution in [3.63, 3.8) is 0 Å². The molecule has 3 heterocycles. The van der Waals surface area contributed by atoms with Crippen molar-refractivity contribution in [2.45, 2.75) is 56.5 Å². The Morgan fingerprint density at radius 3 is 2.33 bits per heavy atom. The number of rotatable bonds is 6. The van der Waals surface area contributed by atoms with E-state index < -0.39 is 10.0 Å². The third-order valence-electron chi connectivity index (χ3n) is 8.08. The number of methoxy groups -OCH3 is 1. The Morgan fingerprint density at radius 1 is 1.00 bits per heavy atom. The fourth-order valence-electron chi connectivity index (χ4n) is 5.78. The SMILES string of the molecule is COc1ccc([C@H]2c3ccsc3CCN2CC(=O)N2CCN(S(=O)(=O)c3ccc(C(C)(C)C)cc3)[C@H](C)C2)cc1. The van der Waals surface area contributed by atoms with Gasteiger partial charge in [-0.25, -0.2) is 8.42 Å². The molecular weight excluding hydrogens is 542 g/mol. The van der Waals surface area contributed by atoms with Crippen LogP contribution in [0.2, 0.25) is 0 Å². The summed E-state index contributed by atoms with van der Waals surface area (Å²) in [5.74, 6) is 0.843. The lowest BCUT2D eigenvalue weighted by molar-refractivity contribution is -0.135. The van der Waals surface area contributed by atoms with Gasteiger partial charge in [-0.2, -0.15) is 4.31 Å². The van der Waals surface area contributed by atoms with Gasteiger partial charge in [0, 0.05) is 37.1 Å². The fourth-order valence-corrected chi connectivity index (χ4v) is 8.29. The first-order valence-electron chi connectivity index (χ1n) is 13.8. The van der Waals surface area contributed by atoms with Crippen molar-refractivity contribution in [1.29, 1.82) is 0 Å². The van der Waals surface area contributed by atoms with E-state index in [1.54, 1.807) is 34.9 Å². The van der Waals surface area contributed by atoms with Crippen LogP contribution in [0.5, 0.6) is 5.75 Å². The Kier molecular flexibility index (Phi) is 8.12. The zero-order chi connectivity index (χ0) is 28.7. The normalized spacial score (nSPS) is 20.8. The van der Waals surface area contributed by atoms with E-state index >= 15 is 0 Å². The van der Waals surface area contributed by atoms with E-state index in [-0.39, 0.29) is 30.0 Å². The molecule has 5 rings (SSSR count). The third kappa shape index (κ3) is 5.70. The number of piperazine rings is 1. The van der Waals surface area contributed by atoms with Crippen LogP contribution in [0, 0.1) is 0 Å². The maximum atomic E-state index is 13.6. The lowest BCUT2D eigenvalue weighted by atomic mass is 9.87. The summed E-state index contributed by atoms with van der Waals surface area (Å²) < 4.78 is 33.9. The van der Waals surface area contributed by atoms with Crippen LogP contribution in [-0.2, 0) is 26.7 Å². The lowest BCUT2D eigenvalue weighted by Gasteiger charge is -2.41. The van der Waals surface area contributed by atoms with Crippen molar-refractivity contribution >= 4 is 27.3 Å². The largest absolute Gasteiger partial charge is 0.497 e. The van der Waals surface area contributed by atoms with Gasteiger partial charge in [-0.15, -0.1) is 11.3 Å². The molecule has 40 heavy (non-hydrogen) atoms. The quantitative estimate of drug-likeness (QED) is 0.413. The fraction of sp³-hybridized carbons (Fsp3) is 0.452. The molecule has 0 aliphatic carbocycles. The summed E-state index contributed by atoms with van der Waals surface area (Å²) in [5.41, 5.74) is 3.44. The predicted octanol–water partition coefficient (Wildman–Crippen LogP) is 4.92. The van der Waals surface area contributed by atoms with Crippen LogP contribution in [0.1, 0.15) is 55.3 Å². The summed E-state index contributed by atoms with van der Waals surface area (Å²) in [6, 6.07) is 17.1. The number of amides is 1. The van der Waals surface area contributed by atoms with Gasteiger partial charge in [0.25, 0.3) is 0 Å². The summed E-state index contributed by atoms with van der Waals surface area (Å²) in [6.45, 7) is 10.3. The molecule has 1 aromatic heterocycles. The van der Waals surface area contributed by atoms with Gasteiger partial charge in [0.05, 0.1) is 24.6 Å². The number of carbonyl (C=O) groups is 1. The Bertz CT molecular complexity index is 1440. The van der Waals surface area contributed by atoms with Gasteiger partial charge in [0.2, 0.25) is 15.9 Å². The maximum Gasteiger partial charge on any atom is 0.243 e. The second kappa shape index (κ2) is 11.3. The first-order valence-corrected chi connectivity index (χ1v) is 16.2. The molecule has 1 fully saturated rings. The smallest absolute Gasteiger partial charge is 0.243 e. The zero-order valence-corrected chi connectivity index (χ0v) is 25.6. The monoisotopic (exact) mass is 581 g/mol. The Morgan fingerprint density at radius 2 is 1.70 bits per heavy atom.